The van der Waals surface area contributed by atoms with Gasteiger partial charge in [-0.2, -0.15) is 0 Å². The van der Waals surface area contributed by atoms with Crippen molar-refractivity contribution in [2.24, 2.45) is 0 Å². The molecule has 0 aliphatic rings. The van der Waals surface area contributed by atoms with E-state index < -0.39 is 0 Å². The van der Waals surface area contributed by atoms with Crippen molar-refractivity contribution in [1.82, 2.24) is 4.98 Å². The summed E-state index contributed by atoms with van der Waals surface area (Å²) in [6.45, 7) is 6.11. The molecule has 3 aromatic rings. The van der Waals surface area contributed by atoms with Gasteiger partial charge >= 0.3 is 0 Å². The number of anilines is 1. The van der Waals surface area contributed by atoms with Crippen LogP contribution in [0, 0.1) is 20.8 Å². The fraction of sp³-hybridized carbons (Fsp3) is 0.188. The SMILES string of the molecule is Cc1ccc(-c2nc3cc(C)c(C)c(Br)c3o2)cc1N. The summed E-state index contributed by atoms with van der Waals surface area (Å²) in [6.07, 6.45) is 0. The zero-order valence-electron chi connectivity index (χ0n) is 11.6. The molecule has 0 amide bonds. The van der Waals surface area contributed by atoms with Gasteiger partial charge in [-0.25, -0.2) is 4.98 Å². The van der Waals surface area contributed by atoms with E-state index in [1.54, 1.807) is 0 Å². The minimum Gasteiger partial charge on any atom is -0.435 e. The lowest BCUT2D eigenvalue weighted by molar-refractivity contribution is 0.617. The van der Waals surface area contributed by atoms with Crippen LogP contribution in [-0.2, 0) is 0 Å². The molecule has 0 aliphatic carbocycles. The molecule has 0 unspecified atom stereocenters. The maximum atomic E-state index is 5.95. The molecular formula is C16H15BrN2O. The molecule has 3 rings (SSSR count). The van der Waals surface area contributed by atoms with E-state index >= 15 is 0 Å². The van der Waals surface area contributed by atoms with Gasteiger partial charge in [-0.15, -0.1) is 0 Å². The second-order valence-electron chi connectivity index (χ2n) is 5.07. The van der Waals surface area contributed by atoms with Gasteiger partial charge in [0.15, 0.2) is 5.58 Å². The Kier molecular flexibility index (Phi) is 3.05. The van der Waals surface area contributed by atoms with Crippen LogP contribution < -0.4 is 5.73 Å². The molecule has 2 aromatic carbocycles. The van der Waals surface area contributed by atoms with Crippen molar-refractivity contribution in [3.05, 3.63) is 45.4 Å². The van der Waals surface area contributed by atoms with Gasteiger partial charge in [0.05, 0.1) is 4.47 Å². The predicted molar refractivity (Wildman–Crippen MR) is 85.8 cm³/mol. The smallest absolute Gasteiger partial charge is 0.227 e. The quantitative estimate of drug-likeness (QED) is 0.654. The molecule has 0 saturated carbocycles. The molecule has 0 radical (unpaired) electrons. The Hall–Kier alpha value is -1.81. The monoisotopic (exact) mass is 330 g/mol. The highest BCUT2D eigenvalue weighted by Crippen LogP contribution is 2.34. The van der Waals surface area contributed by atoms with E-state index in [-0.39, 0.29) is 0 Å². The van der Waals surface area contributed by atoms with E-state index in [0.29, 0.717) is 5.89 Å². The summed E-state index contributed by atoms with van der Waals surface area (Å²) in [6, 6.07) is 7.89. The first-order valence-electron chi connectivity index (χ1n) is 6.40. The second-order valence-corrected chi connectivity index (χ2v) is 5.86. The molecule has 20 heavy (non-hydrogen) atoms. The number of hydrogen-bond acceptors (Lipinski definition) is 3. The maximum absolute atomic E-state index is 5.95. The van der Waals surface area contributed by atoms with Gasteiger partial charge in [0.25, 0.3) is 0 Å². The molecule has 0 saturated heterocycles. The summed E-state index contributed by atoms with van der Waals surface area (Å²) in [5, 5.41) is 0. The van der Waals surface area contributed by atoms with Crippen LogP contribution in [0.2, 0.25) is 0 Å². The number of benzene rings is 2. The molecule has 1 heterocycles. The molecule has 0 aliphatic heterocycles. The Labute approximate surface area is 125 Å². The lowest BCUT2D eigenvalue weighted by atomic mass is 10.1. The van der Waals surface area contributed by atoms with Crippen molar-refractivity contribution < 1.29 is 4.42 Å². The third kappa shape index (κ3) is 2.00. The third-order valence-electron chi connectivity index (χ3n) is 3.65. The van der Waals surface area contributed by atoms with Gasteiger partial charge in [-0.1, -0.05) is 6.07 Å². The standard InChI is InChI=1S/C16H15BrN2O/c1-8-4-5-11(7-12(8)18)16-19-13-6-9(2)10(3)14(17)15(13)20-16/h4-7H,18H2,1-3H3. The maximum Gasteiger partial charge on any atom is 0.227 e. The van der Waals surface area contributed by atoms with Crippen molar-refractivity contribution in [3.63, 3.8) is 0 Å². The average Bonchev–Trinajstić information content (AvgIpc) is 2.83. The molecule has 0 bridgehead atoms. The summed E-state index contributed by atoms with van der Waals surface area (Å²) in [7, 11) is 0. The summed E-state index contributed by atoms with van der Waals surface area (Å²) < 4.78 is 6.87. The van der Waals surface area contributed by atoms with Crippen LogP contribution in [-0.4, -0.2) is 4.98 Å². The van der Waals surface area contributed by atoms with Gasteiger partial charge in [0.2, 0.25) is 5.89 Å². The molecule has 0 spiro atoms. The lowest BCUT2D eigenvalue weighted by Crippen LogP contribution is -1.89. The predicted octanol–water partition coefficient (Wildman–Crippen LogP) is 4.76. The molecule has 0 atom stereocenters. The number of aryl methyl sites for hydroxylation is 2. The average molecular weight is 331 g/mol. The molecular weight excluding hydrogens is 316 g/mol. The van der Waals surface area contributed by atoms with Crippen LogP contribution in [0.4, 0.5) is 5.69 Å². The fourth-order valence-corrected chi connectivity index (χ4v) is 2.74. The van der Waals surface area contributed by atoms with Crippen molar-refractivity contribution in [2.45, 2.75) is 20.8 Å². The summed E-state index contributed by atoms with van der Waals surface area (Å²) >= 11 is 3.59. The summed E-state index contributed by atoms with van der Waals surface area (Å²) in [5.74, 6) is 0.595. The number of nitrogen functional groups attached to an aromatic ring is 1. The number of aromatic nitrogens is 1. The van der Waals surface area contributed by atoms with Crippen LogP contribution in [0.15, 0.2) is 33.2 Å². The van der Waals surface area contributed by atoms with Gasteiger partial charge in [0.1, 0.15) is 5.52 Å². The van der Waals surface area contributed by atoms with Gasteiger partial charge in [-0.05, 0) is 71.6 Å². The number of hydrogen-bond donors (Lipinski definition) is 1. The van der Waals surface area contributed by atoms with Crippen LogP contribution in [0.5, 0.6) is 0 Å². The van der Waals surface area contributed by atoms with Gasteiger partial charge < -0.3 is 10.2 Å². The van der Waals surface area contributed by atoms with E-state index in [2.05, 4.69) is 34.8 Å². The number of nitrogens with zero attached hydrogens (tertiary/aromatic N) is 1. The summed E-state index contributed by atoms with van der Waals surface area (Å²) in [5.41, 5.74) is 12.6. The molecule has 1 aromatic heterocycles. The molecule has 0 fully saturated rings. The van der Waals surface area contributed by atoms with Crippen LogP contribution >= 0.6 is 15.9 Å². The largest absolute Gasteiger partial charge is 0.435 e. The fourth-order valence-electron chi connectivity index (χ4n) is 2.14. The Morgan fingerprint density at radius 1 is 1.10 bits per heavy atom. The first-order chi connectivity index (χ1) is 9.47. The zero-order chi connectivity index (χ0) is 14.4. The summed E-state index contributed by atoms with van der Waals surface area (Å²) in [4.78, 5) is 4.56. The lowest BCUT2D eigenvalue weighted by Gasteiger charge is -2.02. The molecule has 2 N–H and O–H groups in total. The highest BCUT2D eigenvalue weighted by molar-refractivity contribution is 9.10. The van der Waals surface area contributed by atoms with E-state index in [9.17, 15) is 0 Å². The number of nitrogens with two attached hydrogens (primary N) is 1. The van der Waals surface area contributed by atoms with Crippen molar-refractivity contribution >= 4 is 32.7 Å². The number of oxazole rings is 1. The number of rotatable bonds is 1. The topological polar surface area (TPSA) is 52.0 Å². The van der Waals surface area contributed by atoms with Crippen LogP contribution in [0.25, 0.3) is 22.6 Å². The van der Waals surface area contributed by atoms with E-state index in [4.69, 9.17) is 10.2 Å². The normalized spacial score (nSPS) is 11.2. The Morgan fingerprint density at radius 3 is 2.55 bits per heavy atom. The Bertz CT molecular complexity index is 821. The third-order valence-corrected chi connectivity index (χ3v) is 4.61. The van der Waals surface area contributed by atoms with Crippen LogP contribution in [0.1, 0.15) is 16.7 Å². The number of halogens is 1. The molecule has 3 nitrogen and oxygen atoms in total. The van der Waals surface area contributed by atoms with E-state index in [1.807, 2.05) is 31.2 Å². The first-order valence-corrected chi connectivity index (χ1v) is 7.19. The minimum atomic E-state index is 0.595. The van der Waals surface area contributed by atoms with Crippen molar-refractivity contribution in [3.8, 4) is 11.5 Å². The Balaban J connectivity index is 2.23. The second kappa shape index (κ2) is 4.63. The first kappa shape index (κ1) is 13.2. The highest BCUT2D eigenvalue weighted by atomic mass is 79.9. The highest BCUT2D eigenvalue weighted by Gasteiger charge is 2.14. The van der Waals surface area contributed by atoms with Gasteiger partial charge in [-0.3, -0.25) is 0 Å². The van der Waals surface area contributed by atoms with Crippen molar-refractivity contribution in [1.29, 1.82) is 0 Å². The Morgan fingerprint density at radius 2 is 1.85 bits per heavy atom. The van der Waals surface area contributed by atoms with Crippen LogP contribution in [0.3, 0.4) is 0 Å². The minimum absolute atomic E-state index is 0.595. The van der Waals surface area contributed by atoms with E-state index in [0.717, 1.165) is 32.4 Å². The molecule has 102 valence electrons. The molecule has 4 heteroatoms. The number of fused-ring (bicyclic) bond motifs is 1. The zero-order valence-corrected chi connectivity index (χ0v) is 13.2. The van der Waals surface area contributed by atoms with Gasteiger partial charge in [0, 0.05) is 11.3 Å². The van der Waals surface area contributed by atoms with E-state index in [1.165, 1.54) is 11.1 Å². The van der Waals surface area contributed by atoms with Crippen molar-refractivity contribution in [2.75, 3.05) is 5.73 Å².